The van der Waals surface area contributed by atoms with Gasteiger partial charge in [0.15, 0.2) is 25.2 Å². The van der Waals surface area contributed by atoms with E-state index >= 15 is 0 Å². The fraction of sp³-hybridized carbons (Fsp3) is 0.971. The Morgan fingerprint density at radius 1 is 0.741 bits per heavy atom. The summed E-state index contributed by atoms with van der Waals surface area (Å²) in [5.41, 5.74) is 0. The highest BCUT2D eigenvalue weighted by molar-refractivity contribution is 5.73. The molecule has 58 heavy (non-hydrogen) atoms. The molecule has 0 bridgehead atoms. The Morgan fingerprint density at radius 3 is 1.97 bits per heavy atom. The minimum atomic E-state index is -2.74. The summed E-state index contributed by atoms with van der Waals surface area (Å²) in [6.45, 7) is 1.41. The number of hydrogen-bond acceptors (Lipinski definition) is 23. The highest BCUT2D eigenvalue weighted by Crippen LogP contribution is 2.53. The lowest BCUT2D eigenvalue weighted by Crippen LogP contribution is -2.82. The molecule has 338 valence electrons. The van der Waals surface area contributed by atoms with Crippen molar-refractivity contribution in [3.8, 4) is 0 Å². The van der Waals surface area contributed by atoms with Gasteiger partial charge in [-0.2, -0.15) is 0 Å². The van der Waals surface area contributed by atoms with Gasteiger partial charge in [-0.05, 0) is 13.3 Å². The first-order valence-corrected chi connectivity index (χ1v) is 19.2. The van der Waals surface area contributed by atoms with E-state index in [1.54, 1.807) is 6.92 Å². The van der Waals surface area contributed by atoms with E-state index < -0.39 is 179 Å². The van der Waals surface area contributed by atoms with E-state index in [9.17, 15) is 76.3 Å². The molecular weight excluding hydrogens is 790 g/mol. The maximum Gasteiger partial charge on any atom is 0.217 e. The van der Waals surface area contributed by atoms with Gasteiger partial charge in [0, 0.05) is 19.8 Å². The molecule has 0 aliphatic carbocycles. The van der Waals surface area contributed by atoms with Gasteiger partial charge in [-0.25, -0.2) is 0 Å². The van der Waals surface area contributed by atoms with Crippen LogP contribution >= 0.6 is 0 Å². The first kappa shape index (κ1) is 47.6. The second kappa shape index (κ2) is 19.7. The van der Waals surface area contributed by atoms with Crippen LogP contribution in [0, 0.1) is 5.92 Å². The van der Waals surface area contributed by atoms with Crippen LogP contribution in [0.5, 0.6) is 0 Å². The molecule has 15 unspecified atom stereocenters. The van der Waals surface area contributed by atoms with E-state index in [1.807, 2.05) is 0 Å². The average molecular weight is 850 g/mol. The van der Waals surface area contributed by atoms with Crippen LogP contribution in [0.15, 0.2) is 0 Å². The zero-order valence-electron chi connectivity index (χ0n) is 32.0. The smallest absolute Gasteiger partial charge is 0.217 e. The summed E-state index contributed by atoms with van der Waals surface area (Å²) in [5, 5.41) is 152. The third-order valence-corrected chi connectivity index (χ3v) is 11.3. The lowest BCUT2D eigenvalue weighted by atomic mass is 9.71. The molecule has 0 radical (unpaired) electrons. The molecule has 0 saturated carbocycles. The van der Waals surface area contributed by atoms with Gasteiger partial charge in [-0.15, -0.1) is 0 Å². The topological polar surface area (TPSA) is 386 Å². The van der Waals surface area contributed by atoms with E-state index in [0.717, 1.165) is 6.92 Å². The van der Waals surface area contributed by atoms with Crippen molar-refractivity contribution < 1.29 is 114 Å². The van der Waals surface area contributed by atoms with Crippen molar-refractivity contribution in [2.24, 2.45) is 5.92 Å². The molecule has 0 aromatic carbocycles. The van der Waals surface area contributed by atoms with Gasteiger partial charge >= 0.3 is 0 Å². The fourth-order valence-electron chi connectivity index (χ4n) is 8.09. The van der Waals surface area contributed by atoms with E-state index in [2.05, 4.69) is 5.32 Å². The summed E-state index contributed by atoms with van der Waals surface area (Å²) < 4.78 is 46.9. The summed E-state index contributed by atoms with van der Waals surface area (Å²) >= 11 is 0. The first-order valence-electron chi connectivity index (χ1n) is 19.2. The minimum Gasteiger partial charge on any atom is -0.394 e. The maximum absolute atomic E-state index is 12.6. The van der Waals surface area contributed by atoms with Crippen molar-refractivity contribution in [1.29, 1.82) is 0 Å². The summed E-state index contributed by atoms with van der Waals surface area (Å²) in [6, 6.07) is -1.45. The molecule has 5 rings (SSSR count). The third kappa shape index (κ3) is 9.48. The van der Waals surface area contributed by atoms with Crippen molar-refractivity contribution >= 4 is 5.91 Å². The molecule has 24 heteroatoms. The van der Waals surface area contributed by atoms with Crippen LogP contribution in [0.4, 0.5) is 0 Å². The highest BCUT2D eigenvalue weighted by atomic mass is 16.8. The van der Waals surface area contributed by atoms with Gasteiger partial charge in [0.1, 0.15) is 73.2 Å². The quantitative estimate of drug-likeness (QED) is 0.0727. The molecular formula is C34H59NO23. The van der Waals surface area contributed by atoms with Crippen LogP contribution in [-0.2, 0) is 42.7 Å². The molecule has 5 aliphatic rings. The number of rotatable bonds is 15. The molecule has 5 saturated heterocycles. The van der Waals surface area contributed by atoms with Crippen LogP contribution in [0.3, 0.4) is 0 Å². The molecule has 5 heterocycles. The average Bonchev–Trinajstić information content (AvgIpc) is 3.28. The number of fused-ring (bicyclic) bond motifs is 1. The summed E-state index contributed by atoms with van der Waals surface area (Å²) in [4.78, 5) is 12.6. The summed E-state index contributed by atoms with van der Waals surface area (Å²) in [6.07, 6.45) is -36.8. The zero-order chi connectivity index (χ0) is 43.0. The number of nitrogens with one attached hydrogen (secondary N) is 1. The van der Waals surface area contributed by atoms with Crippen molar-refractivity contribution in [3.05, 3.63) is 0 Å². The van der Waals surface area contributed by atoms with Crippen molar-refractivity contribution in [3.63, 3.8) is 0 Å². The van der Waals surface area contributed by atoms with Crippen molar-refractivity contribution in [2.75, 3.05) is 19.8 Å². The van der Waals surface area contributed by atoms with Crippen LogP contribution in [0.1, 0.15) is 40.0 Å². The van der Waals surface area contributed by atoms with E-state index in [4.69, 9.17) is 37.9 Å². The Hall–Kier alpha value is -1.41. The van der Waals surface area contributed by atoms with Gasteiger partial charge in [0.05, 0.1) is 62.4 Å². The molecule has 0 aromatic rings. The Bertz CT molecular complexity index is 1320. The number of carbonyl (C=O) groups is 1. The van der Waals surface area contributed by atoms with Gasteiger partial charge in [0.25, 0.3) is 0 Å². The lowest BCUT2D eigenvalue weighted by molar-refractivity contribution is -0.503. The van der Waals surface area contributed by atoms with Gasteiger partial charge in [-0.1, -0.05) is 6.92 Å². The molecule has 24 nitrogen and oxygen atoms in total. The predicted octanol–water partition coefficient (Wildman–Crippen LogP) is -8.32. The molecule has 24 atom stereocenters. The second-order valence-corrected chi connectivity index (χ2v) is 15.4. The Labute approximate surface area is 331 Å². The number of hydrogen-bond donors (Lipinski definition) is 15. The highest BCUT2D eigenvalue weighted by Gasteiger charge is 2.72. The van der Waals surface area contributed by atoms with E-state index in [1.165, 1.54) is 6.92 Å². The molecule has 0 spiro atoms. The Morgan fingerprint density at radius 2 is 1.36 bits per heavy atom. The zero-order valence-corrected chi connectivity index (χ0v) is 32.0. The van der Waals surface area contributed by atoms with Gasteiger partial charge < -0.3 is 115 Å². The third-order valence-electron chi connectivity index (χ3n) is 11.3. The van der Waals surface area contributed by atoms with Crippen LogP contribution < -0.4 is 5.32 Å². The first-order chi connectivity index (χ1) is 27.3. The van der Waals surface area contributed by atoms with E-state index in [-0.39, 0.29) is 12.8 Å². The monoisotopic (exact) mass is 849 g/mol. The molecule has 5 fully saturated rings. The van der Waals surface area contributed by atoms with Crippen LogP contribution in [0.25, 0.3) is 0 Å². The van der Waals surface area contributed by atoms with E-state index in [0.29, 0.717) is 0 Å². The summed E-state index contributed by atoms with van der Waals surface area (Å²) in [5.74, 6) is -4.99. The Balaban J connectivity index is 1.54. The predicted molar refractivity (Wildman–Crippen MR) is 183 cm³/mol. The Kier molecular flexibility index (Phi) is 16.2. The van der Waals surface area contributed by atoms with Crippen LogP contribution in [-0.4, -0.2) is 238 Å². The molecule has 5 aliphatic heterocycles. The number of aliphatic hydroxyl groups is 14. The van der Waals surface area contributed by atoms with Crippen molar-refractivity contribution in [2.45, 2.75) is 181 Å². The van der Waals surface area contributed by atoms with Crippen LogP contribution in [0.2, 0.25) is 0 Å². The SMILES string of the molecule is CC[C@@H](O)C(O)C(O)[C@@H](O)C1(O[C@@H]2OC(CO)[C@H](O)C(O)C2O[C@@H]2OC(C)CC(O)C2O)OC2C(NC(C)=O)[C@H](OC3CC(O)[C@H](O)OC(CO)[C@@H]3O)OC(CO)[C@@H]21. The molecule has 0 aromatic heterocycles. The van der Waals surface area contributed by atoms with Gasteiger partial charge in [0.2, 0.25) is 11.7 Å². The normalized spacial score (nSPS) is 48.1. The number of aliphatic hydroxyl groups excluding tert-OH is 14. The number of carbonyl (C=O) groups excluding carboxylic acids is 1. The van der Waals surface area contributed by atoms with Gasteiger partial charge in [-0.3, -0.25) is 4.79 Å². The van der Waals surface area contributed by atoms with Crippen molar-refractivity contribution in [1.82, 2.24) is 5.32 Å². The standard InChI is InChI=1S/C34H59NO23/c1-4-12(40)21(43)26(48)29(49)34(58-33-28(25(47)24(46)18(9-38)55-33)56-32-22(44)13(41)5-10(2)51-32)19-16(7-36)54-31(20(27(19)57-34)35-11(3)39)53-15-6-14(42)30(50)52-17(8-37)23(15)45/h10,12-33,36-38,40-50H,4-9H2,1-3H3,(H,35,39)/t10?,12-,13?,14?,15?,16?,17?,18?,19+,20?,21?,22?,23-,24+,25?,26?,27?,28?,29-,30-,31-,32+,33+,34?/m1/s1. The minimum absolute atomic E-state index is 0.00329. The number of amides is 1. The number of ether oxygens (including phenoxy) is 8. The second-order valence-electron chi connectivity index (χ2n) is 15.4. The lowest BCUT2D eigenvalue weighted by Gasteiger charge is -2.64. The largest absolute Gasteiger partial charge is 0.394 e. The fourth-order valence-corrected chi connectivity index (χ4v) is 8.09. The maximum atomic E-state index is 12.6. The summed E-state index contributed by atoms with van der Waals surface area (Å²) in [7, 11) is 0. The molecule has 15 N–H and O–H groups in total. The molecule has 1 amide bonds.